The summed E-state index contributed by atoms with van der Waals surface area (Å²) in [7, 11) is 2.88. The molecule has 0 saturated carbocycles. The summed E-state index contributed by atoms with van der Waals surface area (Å²) in [5.74, 6) is 0.0818. The molecule has 0 bridgehead atoms. The van der Waals surface area contributed by atoms with E-state index in [1.807, 2.05) is 0 Å². The van der Waals surface area contributed by atoms with Gasteiger partial charge in [-0.1, -0.05) is 23.7 Å². The van der Waals surface area contributed by atoms with Gasteiger partial charge in [0.15, 0.2) is 5.69 Å². The molecule has 2 aromatic rings. The molecule has 0 unspecified atom stereocenters. The average molecular weight is 279 g/mol. The summed E-state index contributed by atoms with van der Waals surface area (Å²) in [5, 5.41) is 0.478. The molecule has 1 aromatic carbocycles. The maximum absolute atomic E-state index is 12.3. The molecule has 0 N–H and O–H groups in total. The van der Waals surface area contributed by atoms with Crippen LogP contribution in [0.25, 0.3) is 0 Å². The summed E-state index contributed by atoms with van der Waals surface area (Å²) in [6.07, 6.45) is 1.36. The summed E-state index contributed by atoms with van der Waals surface area (Å²) in [5.41, 5.74) is 0.538. The molecule has 1 aromatic heterocycles. The van der Waals surface area contributed by atoms with E-state index in [2.05, 4.69) is 9.97 Å². The minimum absolute atomic E-state index is 0.115. The van der Waals surface area contributed by atoms with Gasteiger partial charge < -0.3 is 9.47 Å². The van der Waals surface area contributed by atoms with Crippen molar-refractivity contribution in [3.05, 3.63) is 46.7 Å². The Hall–Kier alpha value is -2.14. The van der Waals surface area contributed by atoms with E-state index in [-0.39, 0.29) is 23.2 Å². The molecule has 98 valence electrons. The van der Waals surface area contributed by atoms with Crippen LogP contribution in [-0.2, 0) is 0 Å². The van der Waals surface area contributed by atoms with Crippen molar-refractivity contribution in [2.75, 3.05) is 14.2 Å². The Morgan fingerprint density at radius 2 is 2.05 bits per heavy atom. The Bertz CT molecular complexity index is 617. The van der Waals surface area contributed by atoms with Crippen molar-refractivity contribution in [3.8, 4) is 11.8 Å². The van der Waals surface area contributed by atoms with Crippen LogP contribution in [0.1, 0.15) is 16.1 Å². The van der Waals surface area contributed by atoms with Gasteiger partial charge in [0, 0.05) is 10.6 Å². The summed E-state index contributed by atoms with van der Waals surface area (Å²) in [6.45, 7) is 0. The standard InChI is InChI=1S/C13H11ClN2O3/c1-18-10-7-15-11(13(16-10)19-2)12(17)8-4-3-5-9(14)6-8/h3-7H,1-2H3. The quantitative estimate of drug-likeness (QED) is 0.804. The predicted molar refractivity (Wildman–Crippen MR) is 70.0 cm³/mol. The molecular formula is C13H11ClN2O3. The maximum Gasteiger partial charge on any atom is 0.247 e. The van der Waals surface area contributed by atoms with E-state index in [1.54, 1.807) is 24.3 Å². The average Bonchev–Trinajstić information content (AvgIpc) is 2.45. The molecule has 2 rings (SSSR count). The number of carbonyl (C=O) groups is 1. The third kappa shape index (κ3) is 2.82. The van der Waals surface area contributed by atoms with Crippen LogP contribution < -0.4 is 9.47 Å². The van der Waals surface area contributed by atoms with E-state index in [1.165, 1.54) is 20.4 Å². The van der Waals surface area contributed by atoms with Crippen LogP contribution in [0, 0.1) is 0 Å². The molecule has 19 heavy (non-hydrogen) atoms. The zero-order valence-electron chi connectivity index (χ0n) is 10.4. The summed E-state index contributed by atoms with van der Waals surface area (Å²) in [4.78, 5) is 20.3. The first-order chi connectivity index (χ1) is 9.15. The molecule has 0 aliphatic rings. The van der Waals surface area contributed by atoms with Crippen LogP contribution in [0.3, 0.4) is 0 Å². The number of hydrogen-bond acceptors (Lipinski definition) is 5. The van der Waals surface area contributed by atoms with E-state index in [0.717, 1.165) is 0 Å². The number of carbonyl (C=O) groups excluding carboxylic acids is 1. The fraction of sp³-hybridized carbons (Fsp3) is 0.154. The molecule has 0 aliphatic heterocycles. The molecule has 6 heteroatoms. The Morgan fingerprint density at radius 1 is 1.26 bits per heavy atom. The monoisotopic (exact) mass is 278 g/mol. The lowest BCUT2D eigenvalue weighted by atomic mass is 10.1. The van der Waals surface area contributed by atoms with E-state index < -0.39 is 0 Å². The minimum Gasteiger partial charge on any atom is -0.480 e. The first-order valence-corrected chi connectivity index (χ1v) is 5.78. The molecule has 5 nitrogen and oxygen atoms in total. The third-order valence-electron chi connectivity index (χ3n) is 2.42. The van der Waals surface area contributed by atoms with Crippen LogP contribution in [-0.4, -0.2) is 30.0 Å². The van der Waals surface area contributed by atoms with Crippen LogP contribution in [0.5, 0.6) is 11.8 Å². The number of ether oxygens (including phenoxy) is 2. The second-order valence-corrected chi connectivity index (χ2v) is 4.05. The number of benzene rings is 1. The molecular weight excluding hydrogens is 268 g/mol. The third-order valence-corrected chi connectivity index (χ3v) is 2.66. The van der Waals surface area contributed by atoms with Gasteiger partial charge >= 0.3 is 0 Å². The second-order valence-electron chi connectivity index (χ2n) is 3.61. The molecule has 0 amide bonds. The van der Waals surface area contributed by atoms with E-state index >= 15 is 0 Å². The molecule has 0 fully saturated rings. The zero-order valence-corrected chi connectivity index (χ0v) is 11.1. The topological polar surface area (TPSA) is 61.3 Å². The first kappa shape index (κ1) is 13.3. The number of aromatic nitrogens is 2. The fourth-order valence-electron chi connectivity index (χ4n) is 1.52. The predicted octanol–water partition coefficient (Wildman–Crippen LogP) is 2.38. The van der Waals surface area contributed by atoms with E-state index in [0.29, 0.717) is 10.6 Å². The molecule has 0 saturated heterocycles. The lowest BCUT2D eigenvalue weighted by Crippen LogP contribution is -2.08. The molecule has 0 atom stereocenters. The van der Waals surface area contributed by atoms with Gasteiger partial charge in [-0.25, -0.2) is 4.98 Å². The molecule has 0 spiro atoms. The van der Waals surface area contributed by atoms with Crippen molar-refractivity contribution in [2.45, 2.75) is 0 Å². The van der Waals surface area contributed by atoms with Crippen molar-refractivity contribution >= 4 is 17.4 Å². The lowest BCUT2D eigenvalue weighted by Gasteiger charge is -2.07. The fourth-order valence-corrected chi connectivity index (χ4v) is 1.71. The lowest BCUT2D eigenvalue weighted by molar-refractivity contribution is 0.103. The molecule has 0 aliphatic carbocycles. The highest BCUT2D eigenvalue weighted by Gasteiger charge is 2.18. The number of nitrogens with zero attached hydrogens (tertiary/aromatic N) is 2. The van der Waals surface area contributed by atoms with Gasteiger partial charge in [-0.2, -0.15) is 4.98 Å². The van der Waals surface area contributed by atoms with Gasteiger partial charge in [0.1, 0.15) is 0 Å². The minimum atomic E-state index is -0.311. The second kappa shape index (κ2) is 5.67. The van der Waals surface area contributed by atoms with E-state index in [4.69, 9.17) is 21.1 Å². The highest BCUT2D eigenvalue weighted by atomic mass is 35.5. The van der Waals surface area contributed by atoms with E-state index in [9.17, 15) is 4.79 Å². The van der Waals surface area contributed by atoms with Crippen molar-refractivity contribution in [1.82, 2.24) is 9.97 Å². The van der Waals surface area contributed by atoms with Gasteiger partial charge in [-0.15, -0.1) is 0 Å². The summed E-state index contributed by atoms with van der Waals surface area (Å²) in [6, 6.07) is 6.60. The highest BCUT2D eigenvalue weighted by molar-refractivity contribution is 6.31. The number of rotatable bonds is 4. The van der Waals surface area contributed by atoms with Crippen molar-refractivity contribution in [2.24, 2.45) is 0 Å². The number of hydrogen-bond donors (Lipinski definition) is 0. The summed E-state index contributed by atoms with van der Waals surface area (Å²) >= 11 is 5.86. The van der Waals surface area contributed by atoms with Crippen molar-refractivity contribution < 1.29 is 14.3 Å². The first-order valence-electron chi connectivity index (χ1n) is 5.41. The van der Waals surface area contributed by atoms with Gasteiger partial charge in [-0.05, 0) is 12.1 Å². The molecule has 0 radical (unpaired) electrons. The smallest absolute Gasteiger partial charge is 0.247 e. The maximum atomic E-state index is 12.3. The normalized spacial score (nSPS) is 10.1. The largest absolute Gasteiger partial charge is 0.480 e. The van der Waals surface area contributed by atoms with Crippen LogP contribution in [0.4, 0.5) is 0 Å². The summed E-state index contributed by atoms with van der Waals surface area (Å²) < 4.78 is 9.98. The highest BCUT2D eigenvalue weighted by Crippen LogP contribution is 2.21. The van der Waals surface area contributed by atoms with Crippen LogP contribution in [0.2, 0.25) is 5.02 Å². The Labute approximate surface area is 115 Å². The van der Waals surface area contributed by atoms with Gasteiger partial charge in [-0.3, -0.25) is 4.79 Å². The van der Waals surface area contributed by atoms with Crippen LogP contribution >= 0.6 is 11.6 Å². The SMILES string of the molecule is COc1cnc(C(=O)c2cccc(Cl)c2)c(OC)n1. The zero-order chi connectivity index (χ0) is 13.8. The van der Waals surface area contributed by atoms with Crippen molar-refractivity contribution in [1.29, 1.82) is 0 Å². The van der Waals surface area contributed by atoms with Gasteiger partial charge in [0.2, 0.25) is 17.5 Å². The van der Waals surface area contributed by atoms with Crippen LogP contribution in [0.15, 0.2) is 30.5 Å². The Balaban J connectivity index is 2.44. The number of halogens is 1. The Morgan fingerprint density at radius 3 is 2.68 bits per heavy atom. The van der Waals surface area contributed by atoms with Crippen molar-refractivity contribution in [3.63, 3.8) is 0 Å². The number of ketones is 1. The Kier molecular flexibility index (Phi) is 3.97. The van der Waals surface area contributed by atoms with Gasteiger partial charge in [0.05, 0.1) is 20.4 Å². The van der Waals surface area contributed by atoms with Gasteiger partial charge in [0.25, 0.3) is 0 Å². The molecule has 1 heterocycles. The number of methoxy groups -OCH3 is 2.